The lowest BCUT2D eigenvalue weighted by Gasteiger charge is -2.29. The number of fused-ring (bicyclic) bond motifs is 2. The van der Waals surface area contributed by atoms with E-state index in [1.165, 1.54) is 0 Å². The molecule has 0 saturated carbocycles. The van der Waals surface area contributed by atoms with E-state index in [-0.39, 0.29) is 0 Å². The standard InChI is InChI=1S/C17H12BNO2/c1-17(18)10-9-11-5-4-6-12(15(11)21-17)16-19-13-7-2-3-8-14(13)20-16/h2-10H,1H3. The van der Waals surface area contributed by atoms with Gasteiger partial charge in [0.2, 0.25) is 5.89 Å². The van der Waals surface area contributed by atoms with Crippen LogP contribution in [0.4, 0.5) is 0 Å². The molecule has 1 aliphatic heterocycles. The van der Waals surface area contributed by atoms with Crippen LogP contribution in [-0.2, 0) is 0 Å². The van der Waals surface area contributed by atoms with Crippen molar-refractivity contribution in [1.29, 1.82) is 0 Å². The molecule has 0 saturated heterocycles. The van der Waals surface area contributed by atoms with Crippen molar-refractivity contribution in [2.24, 2.45) is 0 Å². The molecule has 4 rings (SSSR count). The molecule has 100 valence electrons. The Morgan fingerprint density at radius 1 is 1.10 bits per heavy atom. The number of nitrogens with zero attached hydrogens (tertiary/aromatic N) is 1. The molecule has 2 heterocycles. The summed E-state index contributed by atoms with van der Waals surface area (Å²) < 4.78 is 11.7. The molecule has 0 fully saturated rings. The van der Waals surface area contributed by atoms with Crippen LogP contribution in [-0.4, -0.2) is 18.3 Å². The maximum atomic E-state index is 6.05. The van der Waals surface area contributed by atoms with Crippen LogP contribution in [0, 0.1) is 0 Å². The summed E-state index contributed by atoms with van der Waals surface area (Å²) in [6.45, 7) is 1.81. The third kappa shape index (κ3) is 2.04. The second-order valence-electron chi connectivity index (χ2n) is 5.33. The van der Waals surface area contributed by atoms with Crippen molar-refractivity contribution in [3.8, 4) is 17.2 Å². The molecule has 0 amide bonds. The van der Waals surface area contributed by atoms with Crippen LogP contribution in [0.2, 0.25) is 0 Å². The Hall–Kier alpha value is -2.49. The summed E-state index contributed by atoms with van der Waals surface area (Å²) in [7, 11) is 6.05. The number of aromatic nitrogens is 1. The summed E-state index contributed by atoms with van der Waals surface area (Å²) in [5, 5.41) is 0. The van der Waals surface area contributed by atoms with Gasteiger partial charge in [-0.2, -0.15) is 0 Å². The third-order valence-corrected chi connectivity index (χ3v) is 3.49. The zero-order chi connectivity index (χ0) is 14.4. The van der Waals surface area contributed by atoms with Gasteiger partial charge >= 0.3 is 0 Å². The molecule has 3 nitrogen and oxygen atoms in total. The van der Waals surface area contributed by atoms with E-state index in [4.69, 9.17) is 17.0 Å². The van der Waals surface area contributed by atoms with Gasteiger partial charge in [-0.25, -0.2) is 4.98 Å². The maximum Gasteiger partial charge on any atom is 0.231 e. The van der Waals surface area contributed by atoms with Crippen molar-refractivity contribution in [3.63, 3.8) is 0 Å². The number of hydrogen-bond donors (Lipinski definition) is 0. The van der Waals surface area contributed by atoms with Crippen LogP contribution >= 0.6 is 0 Å². The molecular weight excluding hydrogens is 261 g/mol. The summed E-state index contributed by atoms with van der Waals surface area (Å²) in [4.78, 5) is 4.53. The zero-order valence-electron chi connectivity index (χ0n) is 11.5. The Morgan fingerprint density at radius 3 is 2.81 bits per heavy atom. The van der Waals surface area contributed by atoms with Gasteiger partial charge in [0, 0.05) is 5.56 Å². The summed E-state index contributed by atoms with van der Waals surface area (Å²) in [6, 6.07) is 13.5. The van der Waals surface area contributed by atoms with Gasteiger partial charge in [0.05, 0.1) is 11.1 Å². The smallest absolute Gasteiger partial charge is 0.231 e. The monoisotopic (exact) mass is 273 g/mol. The lowest BCUT2D eigenvalue weighted by Crippen LogP contribution is -2.32. The highest BCUT2D eigenvalue weighted by Gasteiger charge is 2.25. The van der Waals surface area contributed by atoms with E-state index in [1.807, 2.05) is 61.5 Å². The average Bonchev–Trinajstić information content (AvgIpc) is 2.89. The first-order chi connectivity index (χ1) is 10.1. The van der Waals surface area contributed by atoms with Crippen molar-refractivity contribution in [3.05, 3.63) is 54.1 Å². The Kier molecular flexibility index (Phi) is 2.48. The Bertz CT molecular complexity index is 831. The first-order valence-electron chi connectivity index (χ1n) is 6.78. The fraction of sp³-hybridized carbons (Fsp3) is 0.118. The van der Waals surface area contributed by atoms with Crippen LogP contribution < -0.4 is 4.74 Å². The normalized spacial score (nSPS) is 20.2. The van der Waals surface area contributed by atoms with Crippen LogP contribution in [0.3, 0.4) is 0 Å². The second-order valence-corrected chi connectivity index (χ2v) is 5.33. The van der Waals surface area contributed by atoms with Crippen molar-refractivity contribution >= 4 is 25.0 Å². The molecule has 0 spiro atoms. The van der Waals surface area contributed by atoms with E-state index < -0.39 is 5.50 Å². The number of hydrogen-bond acceptors (Lipinski definition) is 3. The highest BCUT2D eigenvalue weighted by molar-refractivity contribution is 6.16. The first kappa shape index (κ1) is 12.3. The van der Waals surface area contributed by atoms with Crippen molar-refractivity contribution in [1.82, 2.24) is 4.98 Å². The number of ether oxygens (including phenoxy) is 1. The molecule has 21 heavy (non-hydrogen) atoms. The van der Waals surface area contributed by atoms with Crippen LogP contribution in [0.25, 0.3) is 28.6 Å². The number of rotatable bonds is 1. The lowest BCUT2D eigenvalue weighted by atomic mass is 9.81. The molecule has 0 N–H and O–H groups in total. The Balaban J connectivity index is 1.92. The largest absolute Gasteiger partial charge is 0.492 e. The summed E-state index contributed by atoms with van der Waals surface area (Å²) >= 11 is 0. The van der Waals surface area contributed by atoms with Crippen molar-refractivity contribution in [2.45, 2.75) is 12.4 Å². The van der Waals surface area contributed by atoms with E-state index >= 15 is 0 Å². The predicted molar refractivity (Wildman–Crippen MR) is 83.3 cm³/mol. The highest BCUT2D eigenvalue weighted by Crippen LogP contribution is 2.39. The zero-order valence-corrected chi connectivity index (χ0v) is 11.5. The van der Waals surface area contributed by atoms with Crippen LogP contribution in [0.15, 0.2) is 53.0 Å². The SMILES string of the molecule is [B]C1(C)C=Cc2cccc(-c3nc4ccccc4o3)c2O1. The van der Waals surface area contributed by atoms with Crippen molar-refractivity contribution < 1.29 is 9.15 Å². The van der Waals surface area contributed by atoms with Gasteiger partial charge < -0.3 is 9.15 Å². The van der Waals surface area contributed by atoms with Gasteiger partial charge in [-0.05, 0) is 25.1 Å². The van der Waals surface area contributed by atoms with Crippen LogP contribution in [0.1, 0.15) is 12.5 Å². The molecule has 4 heteroatoms. The number of oxazole rings is 1. The van der Waals surface area contributed by atoms with Gasteiger partial charge in [-0.3, -0.25) is 0 Å². The molecule has 0 bridgehead atoms. The first-order valence-corrected chi connectivity index (χ1v) is 6.78. The third-order valence-electron chi connectivity index (χ3n) is 3.49. The molecule has 2 aromatic carbocycles. The minimum absolute atomic E-state index is 0.541. The van der Waals surface area contributed by atoms with Gasteiger partial charge in [0.1, 0.15) is 19.1 Å². The van der Waals surface area contributed by atoms with Crippen molar-refractivity contribution in [2.75, 3.05) is 0 Å². The molecule has 1 aromatic heterocycles. The van der Waals surface area contributed by atoms with Crippen LogP contribution in [0.5, 0.6) is 5.75 Å². The van der Waals surface area contributed by atoms with E-state index in [0.29, 0.717) is 11.6 Å². The highest BCUT2D eigenvalue weighted by atomic mass is 16.5. The van der Waals surface area contributed by atoms with Gasteiger partial charge in [0.25, 0.3) is 0 Å². The maximum absolute atomic E-state index is 6.05. The topological polar surface area (TPSA) is 35.3 Å². The number of para-hydroxylation sites is 3. The molecule has 1 aliphatic rings. The van der Waals surface area contributed by atoms with E-state index in [2.05, 4.69) is 4.98 Å². The minimum atomic E-state index is -0.824. The summed E-state index contributed by atoms with van der Waals surface area (Å²) in [5.74, 6) is 1.25. The molecule has 0 aliphatic carbocycles. The Labute approximate surface area is 123 Å². The van der Waals surface area contributed by atoms with Gasteiger partial charge in [0.15, 0.2) is 5.58 Å². The molecule has 2 radical (unpaired) electrons. The molecular formula is C17H12BNO2. The van der Waals surface area contributed by atoms with Gasteiger partial charge in [-0.15, -0.1) is 0 Å². The fourth-order valence-electron chi connectivity index (χ4n) is 2.47. The second kappa shape index (κ2) is 4.25. The van der Waals surface area contributed by atoms with E-state index in [9.17, 15) is 0 Å². The molecule has 3 aromatic rings. The number of benzene rings is 2. The average molecular weight is 273 g/mol. The molecule has 1 unspecified atom stereocenters. The fourth-order valence-corrected chi connectivity index (χ4v) is 2.47. The summed E-state index contributed by atoms with van der Waals surface area (Å²) in [5.41, 5.74) is 2.54. The Morgan fingerprint density at radius 2 is 1.95 bits per heavy atom. The predicted octanol–water partition coefficient (Wildman–Crippen LogP) is 3.79. The van der Waals surface area contributed by atoms with Gasteiger partial charge in [-0.1, -0.05) is 36.4 Å². The quantitative estimate of drug-likeness (QED) is 0.633. The van der Waals surface area contributed by atoms with E-state index in [1.54, 1.807) is 0 Å². The minimum Gasteiger partial charge on any atom is -0.492 e. The lowest BCUT2D eigenvalue weighted by molar-refractivity contribution is 0.225. The van der Waals surface area contributed by atoms with E-state index in [0.717, 1.165) is 22.2 Å². The molecule has 1 atom stereocenters. The summed E-state index contributed by atoms with van der Waals surface area (Å²) in [6.07, 6.45) is 3.80.